The lowest BCUT2D eigenvalue weighted by atomic mass is 9.81. The Balaban J connectivity index is 1.69. The molecule has 1 aliphatic rings. The van der Waals surface area contributed by atoms with Gasteiger partial charge in [-0.1, -0.05) is 37.2 Å². The van der Waals surface area contributed by atoms with E-state index in [2.05, 4.69) is 19.0 Å². The fraction of sp³-hybridized carbons (Fsp3) is 0.565. The quantitative estimate of drug-likeness (QED) is 0.767. The van der Waals surface area contributed by atoms with Crippen LogP contribution in [0.25, 0.3) is 0 Å². The summed E-state index contributed by atoms with van der Waals surface area (Å²) in [6.07, 6.45) is 1.70. The summed E-state index contributed by atoms with van der Waals surface area (Å²) >= 11 is 0. The number of rotatable bonds is 7. The molecule has 6 nitrogen and oxygen atoms in total. The number of hydrogen-bond acceptors (Lipinski definition) is 5. The Kier molecular flexibility index (Phi) is 6.63. The van der Waals surface area contributed by atoms with Crippen LogP contribution >= 0.6 is 0 Å². The van der Waals surface area contributed by atoms with Crippen LogP contribution in [0.1, 0.15) is 50.1 Å². The van der Waals surface area contributed by atoms with Gasteiger partial charge in [0.1, 0.15) is 23.2 Å². The molecule has 6 heteroatoms. The van der Waals surface area contributed by atoms with Crippen LogP contribution in [0.15, 0.2) is 34.9 Å². The van der Waals surface area contributed by atoms with Crippen LogP contribution in [0.4, 0.5) is 0 Å². The zero-order chi connectivity index (χ0) is 21.0. The number of aryl methyl sites for hydroxylation is 2. The third-order valence-corrected chi connectivity index (χ3v) is 5.71. The van der Waals surface area contributed by atoms with Gasteiger partial charge in [-0.25, -0.2) is 0 Å². The van der Waals surface area contributed by atoms with E-state index in [1.807, 2.05) is 49.1 Å². The molecule has 1 N–H and O–H groups in total. The highest BCUT2D eigenvalue weighted by molar-refractivity contribution is 5.76. The second-order valence-electron chi connectivity index (χ2n) is 8.51. The number of hydrogen-bond donors (Lipinski definition) is 1. The highest BCUT2D eigenvalue weighted by atomic mass is 16.5. The molecule has 29 heavy (non-hydrogen) atoms. The molecule has 1 aromatic carbocycles. The number of para-hydroxylation sites is 1. The minimum absolute atomic E-state index is 0.0678. The van der Waals surface area contributed by atoms with Crippen molar-refractivity contribution in [2.24, 2.45) is 5.92 Å². The summed E-state index contributed by atoms with van der Waals surface area (Å²) in [5.41, 5.74) is 0.900. The average Bonchev–Trinajstić information content (AvgIpc) is 2.99. The van der Waals surface area contributed by atoms with Crippen molar-refractivity contribution in [1.82, 2.24) is 10.1 Å². The molecule has 2 heterocycles. The summed E-state index contributed by atoms with van der Waals surface area (Å²) in [5.74, 6) is 1.89. The summed E-state index contributed by atoms with van der Waals surface area (Å²) in [6, 6.07) is 9.51. The highest BCUT2D eigenvalue weighted by Gasteiger charge is 2.44. The minimum Gasteiger partial charge on any atom is -0.486 e. The molecule has 1 aromatic heterocycles. The summed E-state index contributed by atoms with van der Waals surface area (Å²) in [4.78, 5) is 14.7. The molecule has 0 aliphatic carbocycles. The molecular weight excluding hydrogens is 368 g/mol. The second kappa shape index (κ2) is 8.99. The number of likely N-dealkylation sites (tertiary alicyclic amines) is 1. The summed E-state index contributed by atoms with van der Waals surface area (Å²) in [7, 11) is 0. The van der Waals surface area contributed by atoms with E-state index in [-0.39, 0.29) is 5.91 Å². The number of aliphatic hydroxyl groups is 1. The van der Waals surface area contributed by atoms with Crippen LogP contribution in [-0.2, 0) is 11.2 Å². The Hall–Kier alpha value is -2.34. The van der Waals surface area contributed by atoms with E-state index >= 15 is 0 Å². The molecule has 2 atom stereocenters. The predicted molar refractivity (Wildman–Crippen MR) is 111 cm³/mol. The lowest BCUT2D eigenvalue weighted by Crippen LogP contribution is -2.59. The van der Waals surface area contributed by atoms with Crippen LogP contribution < -0.4 is 4.74 Å². The predicted octanol–water partition coefficient (Wildman–Crippen LogP) is 3.68. The van der Waals surface area contributed by atoms with Crippen molar-refractivity contribution < 1.29 is 19.2 Å². The van der Waals surface area contributed by atoms with Gasteiger partial charge in [-0.3, -0.25) is 4.79 Å². The maximum absolute atomic E-state index is 12.9. The summed E-state index contributed by atoms with van der Waals surface area (Å²) in [5, 5.41) is 15.3. The Morgan fingerprint density at radius 1 is 1.34 bits per heavy atom. The number of amides is 1. The number of carbonyl (C=O) groups is 1. The van der Waals surface area contributed by atoms with Crippen molar-refractivity contribution in [1.29, 1.82) is 0 Å². The number of nitrogens with zero attached hydrogens (tertiary/aromatic N) is 2. The zero-order valence-electron chi connectivity index (χ0n) is 17.9. The maximum atomic E-state index is 12.9. The number of carbonyl (C=O) groups excluding carboxylic acids is 1. The van der Waals surface area contributed by atoms with Crippen molar-refractivity contribution >= 4 is 5.91 Å². The summed E-state index contributed by atoms with van der Waals surface area (Å²) < 4.78 is 11.4. The van der Waals surface area contributed by atoms with E-state index < -0.39 is 11.7 Å². The van der Waals surface area contributed by atoms with Crippen molar-refractivity contribution in [3.8, 4) is 5.75 Å². The standard InChI is InChI=1S/C23H32N2O4/c1-16(2)14-23(27)12-13-25(15-21(23)28-19-8-6-5-7-9-19)22(26)11-10-20-17(3)24-29-18(20)4/h5-9,16,21,27H,10-15H2,1-4H3/t21-,23+/m0/s1. The number of ether oxygens (including phenoxy) is 1. The Morgan fingerprint density at radius 3 is 2.69 bits per heavy atom. The van der Waals surface area contributed by atoms with E-state index in [9.17, 15) is 9.90 Å². The Morgan fingerprint density at radius 2 is 2.07 bits per heavy atom. The van der Waals surface area contributed by atoms with Crippen LogP contribution in [0.5, 0.6) is 5.75 Å². The van der Waals surface area contributed by atoms with Gasteiger partial charge in [0.2, 0.25) is 5.91 Å². The second-order valence-corrected chi connectivity index (χ2v) is 8.51. The lowest BCUT2D eigenvalue weighted by Gasteiger charge is -2.45. The van der Waals surface area contributed by atoms with Gasteiger partial charge < -0.3 is 19.3 Å². The van der Waals surface area contributed by atoms with Crippen molar-refractivity contribution in [2.75, 3.05) is 13.1 Å². The number of piperidine rings is 1. The first-order valence-electron chi connectivity index (χ1n) is 10.4. The van der Waals surface area contributed by atoms with Crippen LogP contribution in [0.3, 0.4) is 0 Å². The van der Waals surface area contributed by atoms with E-state index in [1.54, 1.807) is 0 Å². The van der Waals surface area contributed by atoms with Gasteiger partial charge in [-0.2, -0.15) is 0 Å². The normalized spacial score (nSPS) is 22.1. The molecule has 0 radical (unpaired) electrons. The van der Waals surface area contributed by atoms with Gasteiger partial charge >= 0.3 is 0 Å². The first-order valence-corrected chi connectivity index (χ1v) is 10.4. The topological polar surface area (TPSA) is 75.8 Å². The minimum atomic E-state index is -0.942. The van der Waals surface area contributed by atoms with Gasteiger partial charge in [0.25, 0.3) is 0 Å². The maximum Gasteiger partial charge on any atom is 0.223 e. The first-order chi connectivity index (χ1) is 13.8. The molecule has 0 unspecified atom stereocenters. The van der Waals surface area contributed by atoms with Crippen molar-refractivity contribution in [2.45, 2.75) is 65.1 Å². The first kappa shape index (κ1) is 21.4. The largest absolute Gasteiger partial charge is 0.486 e. The van der Waals surface area contributed by atoms with Gasteiger partial charge in [-0.05, 0) is 51.2 Å². The molecule has 1 fully saturated rings. The Bertz CT molecular complexity index is 798. The lowest BCUT2D eigenvalue weighted by molar-refractivity contribution is -0.148. The molecule has 1 saturated heterocycles. The molecule has 1 aliphatic heterocycles. The smallest absolute Gasteiger partial charge is 0.223 e. The van der Waals surface area contributed by atoms with E-state index in [0.29, 0.717) is 50.4 Å². The highest BCUT2D eigenvalue weighted by Crippen LogP contribution is 2.32. The van der Waals surface area contributed by atoms with Crippen LogP contribution in [-0.4, -0.2) is 45.9 Å². The molecule has 0 saturated carbocycles. The molecule has 158 valence electrons. The SMILES string of the molecule is Cc1noc(C)c1CCC(=O)N1CC[C@@](O)(CC(C)C)[C@@H](Oc2ccccc2)C1. The fourth-order valence-corrected chi connectivity index (χ4v) is 4.18. The summed E-state index contributed by atoms with van der Waals surface area (Å²) in [6.45, 7) is 8.89. The van der Waals surface area contributed by atoms with E-state index in [1.165, 1.54) is 0 Å². The van der Waals surface area contributed by atoms with E-state index in [4.69, 9.17) is 9.26 Å². The molecule has 3 rings (SSSR count). The van der Waals surface area contributed by atoms with Gasteiger partial charge in [-0.15, -0.1) is 0 Å². The number of benzene rings is 1. The van der Waals surface area contributed by atoms with Crippen LogP contribution in [0, 0.1) is 19.8 Å². The third kappa shape index (κ3) is 5.18. The molecule has 1 amide bonds. The van der Waals surface area contributed by atoms with Crippen LogP contribution in [0.2, 0.25) is 0 Å². The number of aromatic nitrogens is 1. The van der Waals surface area contributed by atoms with Gasteiger partial charge in [0.05, 0.1) is 12.2 Å². The van der Waals surface area contributed by atoms with Gasteiger partial charge in [0.15, 0.2) is 0 Å². The fourth-order valence-electron chi connectivity index (χ4n) is 4.18. The monoisotopic (exact) mass is 400 g/mol. The molecule has 2 aromatic rings. The van der Waals surface area contributed by atoms with Crippen molar-refractivity contribution in [3.63, 3.8) is 0 Å². The zero-order valence-corrected chi connectivity index (χ0v) is 17.9. The third-order valence-electron chi connectivity index (χ3n) is 5.71. The Labute approximate surface area is 172 Å². The van der Waals surface area contributed by atoms with Crippen molar-refractivity contribution in [3.05, 3.63) is 47.3 Å². The molecule has 0 spiro atoms. The molecular formula is C23H32N2O4. The average molecular weight is 401 g/mol. The van der Waals surface area contributed by atoms with Gasteiger partial charge in [0, 0.05) is 18.5 Å². The molecule has 0 bridgehead atoms. The van der Waals surface area contributed by atoms with E-state index in [0.717, 1.165) is 17.0 Å².